The zero-order valence-corrected chi connectivity index (χ0v) is 13.2. The van der Waals surface area contributed by atoms with Crippen molar-refractivity contribution >= 4 is 5.69 Å². The summed E-state index contributed by atoms with van der Waals surface area (Å²) in [5.74, 6) is 0. The lowest BCUT2D eigenvalue weighted by atomic mass is 9.97. The molecule has 0 spiro atoms. The highest BCUT2D eigenvalue weighted by Crippen LogP contribution is 2.26. The number of aliphatic hydroxyl groups is 1. The Morgan fingerprint density at radius 2 is 1.83 bits per heavy atom. The van der Waals surface area contributed by atoms with Crippen molar-refractivity contribution < 1.29 is 10.0 Å². The van der Waals surface area contributed by atoms with Crippen molar-refractivity contribution in [3.8, 4) is 0 Å². The second-order valence-electron chi connectivity index (χ2n) is 5.63. The van der Waals surface area contributed by atoms with Crippen LogP contribution in [0.1, 0.15) is 36.9 Å². The normalized spacial score (nSPS) is 13.5. The zero-order chi connectivity index (χ0) is 16.7. The standard InChI is InChI=1S/C18H22N2O3/c1-14(7-6-12-21)19-18(15-8-3-2-4-9-15)16-10-5-11-17(13-16)20(22)23/h2-5,8-11,13-14,18-19,21H,6-7,12H2,1H3. The molecule has 0 amide bonds. The largest absolute Gasteiger partial charge is 0.396 e. The first kappa shape index (κ1) is 17.1. The van der Waals surface area contributed by atoms with Gasteiger partial charge in [0.05, 0.1) is 11.0 Å². The van der Waals surface area contributed by atoms with Gasteiger partial charge in [0.25, 0.3) is 5.69 Å². The quantitative estimate of drug-likeness (QED) is 0.578. The Morgan fingerprint density at radius 1 is 1.13 bits per heavy atom. The molecular weight excluding hydrogens is 292 g/mol. The molecule has 0 aliphatic heterocycles. The maximum Gasteiger partial charge on any atom is 0.269 e. The lowest BCUT2D eigenvalue weighted by molar-refractivity contribution is -0.384. The molecule has 2 aromatic carbocycles. The van der Waals surface area contributed by atoms with Crippen LogP contribution in [0.15, 0.2) is 54.6 Å². The molecule has 23 heavy (non-hydrogen) atoms. The maximum absolute atomic E-state index is 11.0. The highest BCUT2D eigenvalue weighted by atomic mass is 16.6. The molecule has 0 aromatic heterocycles. The molecule has 0 aliphatic rings. The first-order chi connectivity index (χ1) is 11.1. The number of hydrogen-bond donors (Lipinski definition) is 2. The van der Waals surface area contributed by atoms with Crippen molar-refractivity contribution in [3.63, 3.8) is 0 Å². The van der Waals surface area contributed by atoms with E-state index in [1.807, 2.05) is 36.4 Å². The van der Waals surface area contributed by atoms with E-state index in [1.165, 1.54) is 6.07 Å². The van der Waals surface area contributed by atoms with Gasteiger partial charge in [0.15, 0.2) is 0 Å². The maximum atomic E-state index is 11.0. The molecule has 0 radical (unpaired) electrons. The average molecular weight is 314 g/mol. The predicted octanol–water partition coefficient (Wildman–Crippen LogP) is 3.43. The van der Waals surface area contributed by atoms with Gasteiger partial charge in [0.1, 0.15) is 0 Å². The van der Waals surface area contributed by atoms with Crippen LogP contribution in [0.3, 0.4) is 0 Å². The second kappa shape index (κ2) is 8.41. The first-order valence-electron chi connectivity index (χ1n) is 7.78. The summed E-state index contributed by atoms with van der Waals surface area (Å²) >= 11 is 0. The van der Waals surface area contributed by atoms with E-state index < -0.39 is 0 Å². The number of nitro groups is 1. The molecule has 0 fully saturated rings. The average Bonchev–Trinajstić information content (AvgIpc) is 2.58. The van der Waals surface area contributed by atoms with Gasteiger partial charge in [0.2, 0.25) is 0 Å². The van der Waals surface area contributed by atoms with E-state index in [2.05, 4.69) is 12.2 Å². The minimum Gasteiger partial charge on any atom is -0.396 e. The monoisotopic (exact) mass is 314 g/mol. The van der Waals surface area contributed by atoms with Gasteiger partial charge in [-0.15, -0.1) is 0 Å². The fourth-order valence-electron chi connectivity index (χ4n) is 2.61. The first-order valence-corrected chi connectivity index (χ1v) is 7.78. The highest BCUT2D eigenvalue weighted by Gasteiger charge is 2.18. The number of nitrogens with zero attached hydrogens (tertiary/aromatic N) is 1. The van der Waals surface area contributed by atoms with Crippen LogP contribution in [0.25, 0.3) is 0 Å². The third-order valence-electron chi connectivity index (χ3n) is 3.79. The van der Waals surface area contributed by atoms with Gasteiger partial charge < -0.3 is 10.4 Å². The number of aliphatic hydroxyl groups excluding tert-OH is 1. The second-order valence-corrected chi connectivity index (χ2v) is 5.63. The Morgan fingerprint density at radius 3 is 2.48 bits per heavy atom. The molecule has 2 atom stereocenters. The van der Waals surface area contributed by atoms with Crippen molar-refractivity contribution in [3.05, 3.63) is 75.8 Å². The summed E-state index contributed by atoms with van der Waals surface area (Å²) < 4.78 is 0. The Bertz CT molecular complexity index is 631. The summed E-state index contributed by atoms with van der Waals surface area (Å²) in [6.45, 7) is 2.22. The molecule has 0 saturated heterocycles. The topological polar surface area (TPSA) is 75.4 Å². The van der Waals surface area contributed by atoms with E-state index in [4.69, 9.17) is 5.11 Å². The van der Waals surface area contributed by atoms with Crippen molar-refractivity contribution in [2.45, 2.75) is 31.8 Å². The molecule has 2 N–H and O–H groups in total. The smallest absolute Gasteiger partial charge is 0.269 e. The summed E-state index contributed by atoms with van der Waals surface area (Å²) in [6, 6.07) is 16.7. The van der Waals surface area contributed by atoms with Gasteiger partial charge in [-0.25, -0.2) is 0 Å². The number of non-ortho nitro benzene ring substituents is 1. The fraction of sp³-hybridized carbons (Fsp3) is 0.333. The lowest BCUT2D eigenvalue weighted by Gasteiger charge is -2.24. The number of nitrogens with one attached hydrogen (secondary N) is 1. The van der Waals surface area contributed by atoms with E-state index in [0.29, 0.717) is 0 Å². The zero-order valence-electron chi connectivity index (χ0n) is 13.2. The SMILES string of the molecule is CC(CCCO)NC(c1ccccc1)c1cccc([N+](=O)[O-])c1. The predicted molar refractivity (Wildman–Crippen MR) is 90.3 cm³/mol. The molecule has 5 heteroatoms. The molecule has 2 aromatic rings. The van der Waals surface area contributed by atoms with Crippen LogP contribution in [-0.2, 0) is 0 Å². The third-order valence-corrected chi connectivity index (χ3v) is 3.79. The number of hydrogen-bond acceptors (Lipinski definition) is 4. The van der Waals surface area contributed by atoms with Crippen molar-refractivity contribution in [2.75, 3.05) is 6.61 Å². The summed E-state index contributed by atoms with van der Waals surface area (Å²) in [5, 5.41) is 23.5. The Labute approximate surface area is 136 Å². The Balaban J connectivity index is 2.30. The summed E-state index contributed by atoms with van der Waals surface area (Å²) in [4.78, 5) is 10.7. The summed E-state index contributed by atoms with van der Waals surface area (Å²) in [6.07, 6.45) is 1.57. The molecule has 0 saturated carbocycles. The molecule has 0 bridgehead atoms. The minimum absolute atomic E-state index is 0.0910. The number of rotatable bonds is 8. The van der Waals surface area contributed by atoms with Gasteiger partial charge in [-0.05, 0) is 30.9 Å². The van der Waals surface area contributed by atoms with Crippen LogP contribution in [-0.4, -0.2) is 22.7 Å². The van der Waals surface area contributed by atoms with Gasteiger partial charge in [-0.3, -0.25) is 10.1 Å². The van der Waals surface area contributed by atoms with Crippen molar-refractivity contribution in [1.29, 1.82) is 0 Å². The fourth-order valence-corrected chi connectivity index (χ4v) is 2.61. The van der Waals surface area contributed by atoms with Crippen molar-refractivity contribution in [2.24, 2.45) is 0 Å². The van der Waals surface area contributed by atoms with E-state index in [9.17, 15) is 10.1 Å². The van der Waals surface area contributed by atoms with Gasteiger partial charge >= 0.3 is 0 Å². The molecule has 5 nitrogen and oxygen atoms in total. The minimum atomic E-state index is -0.374. The molecule has 0 heterocycles. The highest BCUT2D eigenvalue weighted by molar-refractivity contribution is 5.40. The van der Waals surface area contributed by atoms with E-state index in [0.717, 1.165) is 24.0 Å². The van der Waals surface area contributed by atoms with Crippen LogP contribution < -0.4 is 5.32 Å². The Kier molecular flexibility index (Phi) is 6.26. The molecule has 2 unspecified atom stereocenters. The van der Waals surface area contributed by atoms with E-state index >= 15 is 0 Å². The van der Waals surface area contributed by atoms with Crippen LogP contribution in [0, 0.1) is 10.1 Å². The lowest BCUT2D eigenvalue weighted by Crippen LogP contribution is -2.31. The summed E-state index contributed by atoms with van der Waals surface area (Å²) in [7, 11) is 0. The molecule has 2 rings (SSSR count). The van der Waals surface area contributed by atoms with Crippen molar-refractivity contribution in [1.82, 2.24) is 5.32 Å². The van der Waals surface area contributed by atoms with Crippen LogP contribution in [0.5, 0.6) is 0 Å². The van der Waals surface area contributed by atoms with E-state index in [1.54, 1.807) is 12.1 Å². The van der Waals surface area contributed by atoms with Crippen LogP contribution in [0.4, 0.5) is 5.69 Å². The van der Waals surface area contributed by atoms with E-state index in [-0.39, 0.29) is 29.3 Å². The third kappa shape index (κ3) is 4.87. The van der Waals surface area contributed by atoms with Gasteiger partial charge in [0, 0.05) is 24.8 Å². The molecule has 122 valence electrons. The van der Waals surface area contributed by atoms with Gasteiger partial charge in [-0.1, -0.05) is 42.5 Å². The summed E-state index contributed by atoms with van der Waals surface area (Å²) in [5.41, 5.74) is 2.01. The Hall–Kier alpha value is -2.24. The molecular formula is C18H22N2O3. The van der Waals surface area contributed by atoms with Gasteiger partial charge in [-0.2, -0.15) is 0 Å². The number of benzene rings is 2. The van der Waals surface area contributed by atoms with Crippen LogP contribution in [0.2, 0.25) is 0 Å². The molecule has 0 aliphatic carbocycles. The number of nitro benzene ring substituents is 1. The van der Waals surface area contributed by atoms with Crippen LogP contribution >= 0.6 is 0 Å².